The van der Waals surface area contributed by atoms with Crippen LogP contribution in [0.2, 0.25) is 0 Å². The minimum Gasteiger partial charge on any atom is -0.507 e. The van der Waals surface area contributed by atoms with E-state index in [1.54, 1.807) is 22.7 Å². The topological polar surface area (TPSA) is 103 Å². The van der Waals surface area contributed by atoms with Crippen LogP contribution in [-0.4, -0.2) is 58.3 Å². The molecule has 7 nitrogen and oxygen atoms in total. The molecule has 2 atom stereocenters. The number of nitrogens with zero attached hydrogens (tertiary/aromatic N) is 2. The number of phenolic OH excluding ortho intramolecular Hbond substituents is 1. The van der Waals surface area contributed by atoms with Gasteiger partial charge in [0.2, 0.25) is 0 Å². The van der Waals surface area contributed by atoms with Gasteiger partial charge in [0.1, 0.15) is 17.1 Å². The van der Waals surface area contributed by atoms with E-state index in [9.17, 15) is 18.3 Å². The molecule has 166 valence electrons. The molecule has 3 aromatic rings. The first kappa shape index (κ1) is 21.1. The van der Waals surface area contributed by atoms with Gasteiger partial charge in [-0.25, -0.2) is 8.42 Å². The number of carbonyl (C=O) groups is 1. The van der Waals surface area contributed by atoms with Crippen LogP contribution in [0, 0.1) is 6.92 Å². The average Bonchev–Trinajstić information content (AvgIpc) is 3.43. The summed E-state index contributed by atoms with van der Waals surface area (Å²) in [5, 5.41) is 17.8. The van der Waals surface area contributed by atoms with E-state index in [2.05, 4.69) is 10.2 Å². The van der Waals surface area contributed by atoms with Gasteiger partial charge in [-0.1, -0.05) is 23.8 Å². The van der Waals surface area contributed by atoms with E-state index in [0.29, 0.717) is 28.9 Å². The number of fused-ring (bicyclic) bond motifs is 1. The molecule has 0 radical (unpaired) electrons. The first-order valence-electron chi connectivity index (χ1n) is 10.3. The average molecular weight is 470 g/mol. The van der Waals surface area contributed by atoms with E-state index in [-0.39, 0.29) is 23.2 Å². The van der Waals surface area contributed by atoms with Gasteiger partial charge in [0.25, 0.3) is 5.91 Å². The minimum atomic E-state index is -3.18. The minimum absolute atomic E-state index is 0.0408. The number of aryl methyl sites for hydroxylation is 1. The third-order valence-electron chi connectivity index (χ3n) is 6.24. The zero-order valence-corrected chi connectivity index (χ0v) is 19.3. The maximum Gasteiger partial charge on any atom is 0.273 e. The number of sulfone groups is 1. The molecule has 1 amide bonds. The Morgan fingerprint density at radius 3 is 2.59 bits per heavy atom. The number of aromatic nitrogens is 2. The van der Waals surface area contributed by atoms with Crippen LogP contribution in [0.15, 0.2) is 47.4 Å². The highest BCUT2D eigenvalue weighted by Gasteiger charge is 2.48. The van der Waals surface area contributed by atoms with Gasteiger partial charge < -0.3 is 10.0 Å². The summed E-state index contributed by atoms with van der Waals surface area (Å²) in [6.45, 7) is 1.93. The van der Waals surface area contributed by atoms with Crippen molar-refractivity contribution in [3.8, 4) is 17.0 Å². The van der Waals surface area contributed by atoms with Gasteiger partial charge >= 0.3 is 0 Å². The molecule has 2 unspecified atom stereocenters. The molecule has 0 saturated carbocycles. The van der Waals surface area contributed by atoms with E-state index in [0.717, 1.165) is 16.0 Å². The number of benzene rings is 2. The second kappa shape index (κ2) is 7.67. The van der Waals surface area contributed by atoms with E-state index in [1.807, 2.05) is 49.6 Å². The zero-order valence-electron chi connectivity index (χ0n) is 17.7. The Morgan fingerprint density at radius 1 is 1.19 bits per heavy atom. The summed E-state index contributed by atoms with van der Waals surface area (Å²) in [6.07, 6.45) is 2.41. The Balaban J connectivity index is 1.69. The zero-order chi connectivity index (χ0) is 22.6. The van der Waals surface area contributed by atoms with Crippen molar-refractivity contribution in [2.45, 2.75) is 30.3 Å². The van der Waals surface area contributed by atoms with Gasteiger partial charge in [0, 0.05) is 22.1 Å². The first-order valence-corrected chi connectivity index (χ1v) is 13.4. The largest absolute Gasteiger partial charge is 0.507 e. The summed E-state index contributed by atoms with van der Waals surface area (Å²) in [7, 11) is -3.18. The molecule has 2 aromatic carbocycles. The fourth-order valence-corrected chi connectivity index (χ4v) is 6.81. The Hall–Kier alpha value is -2.78. The third kappa shape index (κ3) is 3.40. The fourth-order valence-electron chi connectivity index (χ4n) is 4.70. The van der Waals surface area contributed by atoms with Crippen molar-refractivity contribution in [3.05, 3.63) is 64.8 Å². The van der Waals surface area contributed by atoms with Gasteiger partial charge in [0.15, 0.2) is 9.84 Å². The van der Waals surface area contributed by atoms with Crippen LogP contribution in [0.25, 0.3) is 11.3 Å². The van der Waals surface area contributed by atoms with Gasteiger partial charge in [-0.2, -0.15) is 5.10 Å². The van der Waals surface area contributed by atoms with Crippen molar-refractivity contribution in [1.82, 2.24) is 15.1 Å². The first-order chi connectivity index (χ1) is 15.3. The highest BCUT2D eigenvalue weighted by atomic mass is 32.2. The van der Waals surface area contributed by atoms with Crippen molar-refractivity contribution < 1.29 is 18.3 Å². The van der Waals surface area contributed by atoms with Gasteiger partial charge in [0.05, 0.1) is 17.5 Å². The predicted octanol–water partition coefficient (Wildman–Crippen LogP) is 3.54. The van der Waals surface area contributed by atoms with Crippen LogP contribution >= 0.6 is 11.8 Å². The normalized spacial score (nSPS) is 21.8. The number of aromatic hydroxyl groups is 1. The molecule has 9 heteroatoms. The summed E-state index contributed by atoms with van der Waals surface area (Å²) < 4.78 is 24.4. The monoisotopic (exact) mass is 469 g/mol. The molecule has 3 heterocycles. The fraction of sp³-hybridized carbons (Fsp3) is 0.304. The number of phenols is 1. The number of hydrogen-bond donors (Lipinski definition) is 2. The van der Waals surface area contributed by atoms with Gasteiger partial charge in [-0.15, -0.1) is 11.8 Å². The number of H-pyrrole nitrogens is 1. The lowest BCUT2D eigenvalue weighted by molar-refractivity contribution is 0.0677. The number of hydrogen-bond acceptors (Lipinski definition) is 6. The van der Waals surface area contributed by atoms with Crippen molar-refractivity contribution in [1.29, 1.82) is 0 Å². The summed E-state index contributed by atoms with van der Waals surface area (Å²) in [6, 6.07) is 12.3. The van der Waals surface area contributed by atoms with Gasteiger partial charge in [-0.3, -0.25) is 9.89 Å². The quantitative estimate of drug-likeness (QED) is 0.567. The highest BCUT2D eigenvalue weighted by Crippen LogP contribution is 2.46. The number of carbonyl (C=O) groups excluding carboxylic acids is 1. The molecule has 2 N–H and O–H groups in total. The maximum atomic E-state index is 13.5. The number of aromatic amines is 1. The Labute approximate surface area is 190 Å². The molecule has 5 rings (SSSR count). The summed E-state index contributed by atoms with van der Waals surface area (Å²) in [5.41, 5.74) is 3.92. The number of rotatable bonds is 4. The molecule has 2 aliphatic heterocycles. The van der Waals surface area contributed by atoms with E-state index in [1.165, 1.54) is 0 Å². The molecule has 1 fully saturated rings. The summed E-state index contributed by atoms with van der Waals surface area (Å²) in [4.78, 5) is 16.3. The Kier molecular flexibility index (Phi) is 5.05. The second-order valence-corrected chi connectivity index (χ2v) is 11.4. The van der Waals surface area contributed by atoms with Crippen LogP contribution in [-0.2, 0) is 9.84 Å². The SMILES string of the molecule is CSc1ccc(C2c3c(-c4cc(C)ccc4O)n[nH]c3C(=O)N2C2CCS(=O)(=O)C2)cc1. The third-order valence-corrected chi connectivity index (χ3v) is 8.74. The molecule has 0 bridgehead atoms. The van der Waals surface area contributed by atoms with Crippen molar-refractivity contribution in [3.63, 3.8) is 0 Å². The molecule has 2 aliphatic rings. The molecule has 1 saturated heterocycles. The number of amides is 1. The van der Waals surface area contributed by atoms with Crippen LogP contribution in [0.1, 0.15) is 39.6 Å². The van der Waals surface area contributed by atoms with Crippen LogP contribution in [0.4, 0.5) is 0 Å². The van der Waals surface area contributed by atoms with Crippen molar-refractivity contribution >= 4 is 27.5 Å². The molecule has 32 heavy (non-hydrogen) atoms. The summed E-state index contributed by atoms with van der Waals surface area (Å²) >= 11 is 1.63. The molecular weight excluding hydrogens is 446 g/mol. The highest BCUT2D eigenvalue weighted by molar-refractivity contribution is 7.98. The van der Waals surface area contributed by atoms with E-state index >= 15 is 0 Å². The lowest BCUT2D eigenvalue weighted by Gasteiger charge is -2.31. The molecular formula is C23H23N3O4S2. The molecule has 0 spiro atoms. The lowest BCUT2D eigenvalue weighted by atomic mass is 9.94. The second-order valence-electron chi connectivity index (χ2n) is 8.33. The smallest absolute Gasteiger partial charge is 0.273 e. The Morgan fingerprint density at radius 2 is 1.94 bits per heavy atom. The van der Waals surface area contributed by atoms with Crippen LogP contribution in [0.5, 0.6) is 5.75 Å². The molecule has 0 aliphatic carbocycles. The Bertz CT molecular complexity index is 1320. The number of nitrogens with one attached hydrogen (secondary N) is 1. The lowest BCUT2D eigenvalue weighted by Crippen LogP contribution is -2.40. The standard InChI is InChI=1S/C23H23N3O4S2/c1-13-3-8-18(27)17(11-13)20-19-21(25-24-20)23(28)26(15-9-10-32(29,30)12-15)22(19)14-4-6-16(31-2)7-5-14/h3-8,11,15,22,27H,9-10,12H2,1-2H3,(H,24,25). The van der Waals surface area contributed by atoms with Crippen LogP contribution < -0.4 is 0 Å². The summed E-state index contributed by atoms with van der Waals surface area (Å²) in [5.74, 6) is -0.138. The predicted molar refractivity (Wildman–Crippen MR) is 124 cm³/mol. The van der Waals surface area contributed by atoms with Crippen LogP contribution in [0.3, 0.4) is 0 Å². The van der Waals surface area contributed by atoms with Gasteiger partial charge in [-0.05, 0) is 49.4 Å². The maximum absolute atomic E-state index is 13.5. The molecule has 1 aromatic heterocycles. The van der Waals surface area contributed by atoms with Crippen molar-refractivity contribution in [2.24, 2.45) is 0 Å². The van der Waals surface area contributed by atoms with E-state index < -0.39 is 21.9 Å². The number of thioether (sulfide) groups is 1. The van der Waals surface area contributed by atoms with E-state index in [4.69, 9.17) is 0 Å². The van der Waals surface area contributed by atoms with Crippen molar-refractivity contribution in [2.75, 3.05) is 17.8 Å².